The minimum Gasteiger partial charge on any atom is -0.494 e. The minimum atomic E-state index is -0.422. The van der Waals surface area contributed by atoms with Crippen molar-refractivity contribution in [1.29, 1.82) is 0 Å². The fourth-order valence-electron chi connectivity index (χ4n) is 3.42. The summed E-state index contributed by atoms with van der Waals surface area (Å²) in [5.41, 5.74) is 2.24. The lowest BCUT2D eigenvalue weighted by Crippen LogP contribution is -2.40. The molecule has 0 unspecified atom stereocenters. The zero-order valence-corrected chi connectivity index (χ0v) is 17.9. The highest BCUT2D eigenvalue weighted by molar-refractivity contribution is 6.30. The van der Waals surface area contributed by atoms with E-state index >= 15 is 0 Å². The van der Waals surface area contributed by atoms with Gasteiger partial charge in [0.05, 0.1) is 6.61 Å². The molecule has 0 atom stereocenters. The third kappa shape index (κ3) is 6.39. The number of ether oxygens (including phenoxy) is 2. The van der Waals surface area contributed by atoms with Crippen molar-refractivity contribution >= 4 is 23.6 Å². The second-order valence-corrected chi connectivity index (χ2v) is 7.76. The number of rotatable bonds is 7. The molecule has 1 N–H and O–H groups in total. The van der Waals surface area contributed by atoms with Gasteiger partial charge < -0.3 is 19.7 Å². The van der Waals surface area contributed by atoms with Crippen LogP contribution in [0.4, 0.5) is 4.79 Å². The highest BCUT2D eigenvalue weighted by Crippen LogP contribution is 2.25. The Morgan fingerprint density at radius 3 is 2.23 bits per heavy atom. The van der Waals surface area contributed by atoms with E-state index in [0.717, 1.165) is 41.2 Å². The Balaban J connectivity index is 1.36. The zero-order chi connectivity index (χ0) is 21.3. The van der Waals surface area contributed by atoms with Crippen molar-refractivity contribution < 1.29 is 19.1 Å². The monoisotopic (exact) mass is 430 g/mol. The van der Waals surface area contributed by atoms with Gasteiger partial charge in [0.2, 0.25) is 0 Å². The first-order valence-electron chi connectivity index (χ1n) is 10.2. The molecule has 0 radical (unpaired) electrons. The lowest BCUT2D eigenvalue weighted by Gasteiger charge is -2.31. The van der Waals surface area contributed by atoms with Gasteiger partial charge in [0, 0.05) is 25.2 Å². The molecule has 1 heterocycles. The molecule has 2 aromatic carbocycles. The summed E-state index contributed by atoms with van der Waals surface area (Å²) in [6.45, 7) is 1.70. The maximum Gasteiger partial charge on any atom is 0.410 e. The number of hydrogen-bond acceptors (Lipinski definition) is 4. The van der Waals surface area contributed by atoms with Crippen LogP contribution in [0.5, 0.6) is 5.75 Å². The molecule has 0 saturated carbocycles. The molecular weight excluding hydrogens is 404 g/mol. The number of amides is 2. The molecule has 160 valence electrons. The number of piperidine rings is 1. The third-order valence-electron chi connectivity index (χ3n) is 5.31. The molecule has 2 aromatic rings. The van der Waals surface area contributed by atoms with Gasteiger partial charge in [-0.15, -0.1) is 0 Å². The number of likely N-dealkylation sites (tertiary alicyclic amines) is 1. The van der Waals surface area contributed by atoms with Crippen molar-refractivity contribution in [3.8, 4) is 16.9 Å². The summed E-state index contributed by atoms with van der Waals surface area (Å²) >= 11 is 5.94. The van der Waals surface area contributed by atoms with E-state index in [1.807, 2.05) is 48.5 Å². The quantitative estimate of drug-likeness (QED) is 0.708. The van der Waals surface area contributed by atoms with Gasteiger partial charge in [-0.05, 0) is 60.6 Å². The Labute approximate surface area is 182 Å². The van der Waals surface area contributed by atoms with E-state index in [4.69, 9.17) is 21.1 Å². The lowest BCUT2D eigenvalue weighted by atomic mass is 9.94. The van der Waals surface area contributed by atoms with Gasteiger partial charge in [-0.1, -0.05) is 35.9 Å². The number of carbonyl (C=O) groups is 2. The molecule has 1 aliphatic heterocycles. The van der Waals surface area contributed by atoms with Crippen LogP contribution in [0.25, 0.3) is 11.1 Å². The Kier molecular flexibility index (Phi) is 7.97. The summed E-state index contributed by atoms with van der Waals surface area (Å²) in [7, 11) is 1.51. The van der Waals surface area contributed by atoms with Gasteiger partial charge in [0.25, 0.3) is 5.91 Å². The molecule has 0 spiro atoms. The first-order valence-corrected chi connectivity index (χ1v) is 10.5. The number of halogens is 1. The fraction of sp³-hybridized carbons (Fsp3) is 0.391. The predicted molar refractivity (Wildman–Crippen MR) is 117 cm³/mol. The van der Waals surface area contributed by atoms with E-state index in [1.165, 1.54) is 7.05 Å². The largest absolute Gasteiger partial charge is 0.494 e. The number of nitrogens with one attached hydrogen (secondary N) is 1. The number of hydrogen-bond donors (Lipinski definition) is 1. The maximum absolute atomic E-state index is 12.0. The Morgan fingerprint density at radius 2 is 1.63 bits per heavy atom. The Morgan fingerprint density at radius 1 is 1.03 bits per heavy atom. The van der Waals surface area contributed by atoms with Crippen LogP contribution in [0.1, 0.15) is 19.3 Å². The number of carbonyl (C=O) groups excluding carboxylic acids is 2. The van der Waals surface area contributed by atoms with E-state index in [0.29, 0.717) is 25.6 Å². The van der Waals surface area contributed by atoms with Gasteiger partial charge in [-0.2, -0.15) is 0 Å². The van der Waals surface area contributed by atoms with Gasteiger partial charge in [-0.25, -0.2) is 4.79 Å². The SMILES string of the molecule is CNC(=O)COC(=O)N1CCC(CCOc2ccc(-c3ccc(Cl)cc3)cc2)CC1. The van der Waals surface area contributed by atoms with Crippen LogP contribution in [0, 0.1) is 5.92 Å². The normalized spacial score (nSPS) is 14.3. The number of nitrogens with zero attached hydrogens (tertiary/aromatic N) is 1. The summed E-state index contributed by atoms with van der Waals surface area (Å²) in [5, 5.41) is 3.15. The molecule has 1 fully saturated rings. The average molecular weight is 431 g/mol. The van der Waals surface area contributed by atoms with Crippen molar-refractivity contribution in [2.75, 3.05) is 33.4 Å². The van der Waals surface area contributed by atoms with Crippen LogP contribution in [-0.2, 0) is 9.53 Å². The van der Waals surface area contributed by atoms with Crippen LogP contribution >= 0.6 is 11.6 Å². The molecule has 30 heavy (non-hydrogen) atoms. The van der Waals surface area contributed by atoms with Crippen LogP contribution in [0.2, 0.25) is 5.02 Å². The van der Waals surface area contributed by atoms with Crippen molar-refractivity contribution in [2.45, 2.75) is 19.3 Å². The Hall–Kier alpha value is -2.73. The minimum absolute atomic E-state index is 0.236. The van der Waals surface area contributed by atoms with Gasteiger partial charge >= 0.3 is 6.09 Å². The first kappa shape index (κ1) is 22.0. The van der Waals surface area contributed by atoms with Crippen LogP contribution in [0.15, 0.2) is 48.5 Å². The van der Waals surface area contributed by atoms with E-state index in [2.05, 4.69) is 5.32 Å². The second kappa shape index (κ2) is 10.9. The average Bonchev–Trinajstić information content (AvgIpc) is 2.78. The molecule has 6 nitrogen and oxygen atoms in total. The van der Waals surface area contributed by atoms with E-state index < -0.39 is 6.09 Å². The lowest BCUT2D eigenvalue weighted by molar-refractivity contribution is -0.123. The third-order valence-corrected chi connectivity index (χ3v) is 5.56. The highest BCUT2D eigenvalue weighted by atomic mass is 35.5. The summed E-state index contributed by atoms with van der Waals surface area (Å²) in [6.07, 6.45) is 2.34. The smallest absolute Gasteiger partial charge is 0.410 e. The van der Waals surface area contributed by atoms with Crippen LogP contribution in [-0.4, -0.2) is 50.3 Å². The molecule has 3 rings (SSSR count). The molecule has 1 aliphatic rings. The summed E-state index contributed by atoms with van der Waals surface area (Å²) in [6, 6.07) is 15.8. The molecular formula is C23H27ClN2O4. The van der Waals surface area contributed by atoms with Gasteiger partial charge in [0.1, 0.15) is 5.75 Å². The highest BCUT2D eigenvalue weighted by Gasteiger charge is 2.24. The maximum atomic E-state index is 12.0. The molecule has 0 aliphatic carbocycles. The van der Waals surface area contributed by atoms with Crippen LogP contribution in [0.3, 0.4) is 0 Å². The number of benzene rings is 2. The fourth-order valence-corrected chi connectivity index (χ4v) is 3.55. The van der Waals surface area contributed by atoms with Gasteiger partial charge in [0.15, 0.2) is 6.61 Å². The number of likely N-dealkylation sites (N-methyl/N-ethyl adjacent to an activating group) is 1. The molecule has 7 heteroatoms. The van der Waals surface area contributed by atoms with E-state index in [9.17, 15) is 9.59 Å². The van der Waals surface area contributed by atoms with E-state index in [-0.39, 0.29) is 12.5 Å². The van der Waals surface area contributed by atoms with Crippen molar-refractivity contribution in [2.24, 2.45) is 5.92 Å². The first-order chi connectivity index (χ1) is 14.5. The Bertz CT molecular complexity index is 831. The summed E-state index contributed by atoms with van der Waals surface area (Å²) < 4.78 is 10.9. The van der Waals surface area contributed by atoms with Gasteiger partial charge in [-0.3, -0.25) is 4.79 Å². The predicted octanol–water partition coefficient (Wildman–Crippen LogP) is 4.37. The topological polar surface area (TPSA) is 67.9 Å². The zero-order valence-electron chi connectivity index (χ0n) is 17.1. The second-order valence-electron chi connectivity index (χ2n) is 7.33. The van der Waals surface area contributed by atoms with E-state index in [1.54, 1.807) is 4.90 Å². The van der Waals surface area contributed by atoms with Crippen molar-refractivity contribution in [3.05, 3.63) is 53.6 Å². The molecule has 1 saturated heterocycles. The van der Waals surface area contributed by atoms with Crippen LogP contribution < -0.4 is 10.1 Å². The van der Waals surface area contributed by atoms with Crippen molar-refractivity contribution in [1.82, 2.24) is 10.2 Å². The summed E-state index contributed by atoms with van der Waals surface area (Å²) in [4.78, 5) is 24.8. The molecule has 0 bridgehead atoms. The molecule has 0 aromatic heterocycles. The standard InChI is InChI=1S/C23H27ClN2O4/c1-25-22(27)16-30-23(28)26-13-10-17(11-14-26)12-15-29-21-8-4-19(5-9-21)18-2-6-20(24)7-3-18/h2-9,17H,10-16H2,1H3,(H,25,27). The summed E-state index contributed by atoms with van der Waals surface area (Å²) in [5.74, 6) is 1.06. The molecule has 2 amide bonds. The van der Waals surface area contributed by atoms with Crippen molar-refractivity contribution in [3.63, 3.8) is 0 Å².